The Balaban J connectivity index is 1.91. The van der Waals surface area contributed by atoms with E-state index < -0.39 is 24.0 Å². The van der Waals surface area contributed by atoms with Gasteiger partial charge in [-0.15, -0.1) is 0 Å². The van der Waals surface area contributed by atoms with Crippen molar-refractivity contribution >= 4 is 22.7 Å². The van der Waals surface area contributed by atoms with E-state index in [1.165, 1.54) is 24.3 Å². The molecule has 1 heterocycles. The Morgan fingerprint density at radius 3 is 2.46 bits per heavy atom. The van der Waals surface area contributed by atoms with Gasteiger partial charge < -0.3 is 19.9 Å². The Morgan fingerprint density at radius 2 is 1.80 bits per heavy atom. The van der Waals surface area contributed by atoms with Crippen molar-refractivity contribution in [3.63, 3.8) is 0 Å². The maximum absolute atomic E-state index is 14.9. The Kier molecular flexibility index (Phi) is 6.56. The first-order valence-corrected chi connectivity index (χ1v) is 11.0. The normalized spacial score (nSPS) is 12.2. The minimum Gasteiger partial charge on any atom is -0.455 e. The van der Waals surface area contributed by atoms with Crippen molar-refractivity contribution < 1.29 is 23.4 Å². The summed E-state index contributed by atoms with van der Waals surface area (Å²) in [6, 6.07) is 11.6. The molecule has 0 amide bonds. The Labute approximate surface area is 201 Å². The van der Waals surface area contributed by atoms with E-state index >= 15 is 0 Å². The second-order valence-corrected chi connectivity index (χ2v) is 8.50. The van der Waals surface area contributed by atoms with Gasteiger partial charge in [-0.05, 0) is 62.2 Å². The number of hydrogen-bond acceptors (Lipinski definition) is 5. The molecule has 0 saturated carbocycles. The van der Waals surface area contributed by atoms with E-state index in [4.69, 9.17) is 4.42 Å². The van der Waals surface area contributed by atoms with Crippen LogP contribution in [0.5, 0.6) is 0 Å². The number of aryl methyl sites for hydroxylation is 1. The van der Waals surface area contributed by atoms with Gasteiger partial charge in [-0.25, -0.2) is 8.78 Å². The van der Waals surface area contributed by atoms with Gasteiger partial charge in [0.15, 0.2) is 11.7 Å². The van der Waals surface area contributed by atoms with E-state index in [1.807, 2.05) is 13.0 Å². The third kappa shape index (κ3) is 4.48. The van der Waals surface area contributed by atoms with Crippen LogP contribution in [0.25, 0.3) is 28.4 Å². The first-order chi connectivity index (χ1) is 16.6. The van der Waals surface area contributed by atoms with Crippen LogP contribution in [0.3, 0.4) is 0 Å². The molecule has 0 aliphatic rings. The molecule has 1 unspecified atom stereocenters. The molecule has 4 rings (SSSR count). The minimum absolute atomic E-state index is 0.116. The van der Waals surface area contributed by atoms with Gasteiger partial charge in [0.05, 0.1) is 22.6 Å². The van der Waals surface area contributed by atoms with Crippen LogP contribution in [0, 0.1) is 25.5 Å². The second kappa shape index (κ2) is 9.44. The number of anilines is 1. The van der Waals surface area contributed by atoms with Crippen LogP contribution in [0.2, 0.25) is 0 Å². The number of hydrogen-bond donors (Lipinski definition) is 3. The van der Waals surface area contributed by atoms with Crippen molar-refractivity contribution in [2.24, 2.45) is 0 Å². The monoisotopic (exact) mass is 477 g/mol. The third-order valence-electron chi connectivity index (χ3n) is 6.02. The molecule has 5 nitrogen and oxygen atoms in total. The summed E-state index contributed by atoms with van der Waals surface area (Å²) in [4.78, 5) is 13.3. The van der Waals surface area contributed by atoms with E-state index in [2.05, 4.69) is 11.9 Å². The van der Waals surface area contributed by atoms with Gasteiger partial charge >= 0.3 is 0 Å². The van der Waals surface area contributed by atoms with Crippen LogP contribution in [0.1, 0.15) is 47.1 Å². The predicted molar refractivity (Wildman–Crippen MR) is 133 cm³/mol. The first kappa shape index (κ1) is 24.3. The van der Waals surface area contributed by atoms with Crippen molar-refractivity contribution in [2.45, 2.75) is 33.1 Å². The average molecular weight is 478 g/mol. The maximum atomic E-state index is 14.9. The van der Waals surface area contributed by atoms with Crippen LogP contribution in [0.15, 0.2) is 64.3 Å². The number of fused-ring (bicyclic) bond motifs is 1. The number of aliphatic hydroxyl groups is 2. The fourth-order valence-corrected chi connectivity index (χ4v) is 4.22. The molecule has 7 heteroatoms. The number of aliphatic hydroxyl groups excluding tert-OH is 1. The zero-order valence-electron chi connectivity index (χ0n) is 19.5. The summed E-state index contributed by atoms with van der Waals surface area (Å²) in [5.74, 6) is -1.20. The van der Waals surface area contributed by atoms with Crippen LogP contribution < -0.4 is 10.7 Å². The highest BCUT2D eigenvalue weighted by atomic mass is 19.1. The molecule has 3 aromatic carbocycles. The molecule has 35 heavy (non-hydrogen) atoms. The van der Waals surface area contributed by atoms with Gasteiger partial charge in [0, 0.05) is 16.8 Å². The van der Waals surface area contributed by atoms with Gasteiger partial charge in [0.2, 0.25) is 0 Å². The quantitative estimate of drug-likeness (QED) is 0.290. The molecular weight excluding hydrogens is 452 g/mol. The molecule has 1 atom stereocenters. The summed E-state index contributed by atoms with van der Waals surface area (Å²) >= 11 is 0. The highest BCUT2D eigenvalue weighted by Crippen LogP contribution is 2.34. The van der Waals surface area contributed by atoms with Crippen molar-refractivity contribution in [1.82, 2.24) is 0 Å². The molecule has 0 saturated heterocycles. The second-order valence-electron chi connectivity index (χ2n) is 8.50. The van der Waals surface area contributed by atoms with Crippen molar-refractivity contribution in [3.05, 3.63) is 105 Å². The maximum Gasteiger partial charge on any atom is 0.196 e. The van der Waals surface area contributed by atoms with E-state index in [0.717, 1.165) is 11.6 Å². The van der Waals surface area contributed by atoms with E-state index in [1.54, 1.807) is 32.0 Å². The molecule has 1 aromatic heterocycles. The van der Waals surface area contributed by atoms with Gasteiger partial charge in [-0.3, -0.25) is 4.79 Å². The molecule has 0 aliphatic heterocycles. The molecule has 0 bridgehead atoms. The largest absolute Gasteiger partial charge is 0.455 e. The predicted octanol–water partition coefficient (Wildman–Crippen LogP) is 6.15. The number of nitrogens with one attached hydrogen (secondary N) is 1. The molecule has 0 aliphatic carbocycles. The fourth-order valence-electron chi connectivity index (χ4n) is 4.22. The third-order valence-corrected chi connectivity index (χ3v) is 6.02. The van der Waals surface area contributed by atoms with Gasteiger partial charge in [0.25, 0.3) is 0 Å². The highest BCUT2D eigenvalue weighted by molar-refractivity contribution is 5.84. The van der Waals surface area contributed by atoms with Crippen molar-refractivity contribution in [1.29, 1.82) is 0 Å². The zero-order chi connectivity index (χ0) is 25.4. The smallest absolute Gasteiger partial charge is 0.196 e. The lowest BCUT2D eigenvalue weighted by molar-refractivity contribution is -0.0443. The zero-order valence-corrected chi connectivity index (χ0v) is 19.5. The van der Waals surface area contributed by atoms with Crippen LogP contribution in [0.4, 0.5) is 14.5 Å². The molecular formula is C28H25F2NO4. The van der Waals surface area contributed by atoms with Crippen LogP contribution in [-0.4, -0.2) is 10.2 Å². The molecule has 0 radical (unpaired) electrons. The molecule has 0 spiro atoms. The van der Waals surface area contributed by atoms with E-state index in [9.17, 15) is 23.8 Å². The van der Waals surface area contributed by atoms with Crippen molar-refractivity contribution in [3.8, 4) is 11.3 Å². The lowest BCUT2D eigenvalue weighted by atomic mass is 9.98. The van der Waals surface area contributed by atoms with Gasteiger partial charge in [0.1, 0.15) is 23.0 Å². The highest BCUT2D eigenvalue weighted by Gasteiger charge is 2.22. The SMILES string of the molecule is C=Cc1ccc(-c2oc3c(C(C)Nc4cccc(F)c4C(O)O)cc(C)cc3c(=O)c2C)c(F)c1. The Bertz CT molecular complexity index is 1510. The fraction of sp³-hybridized carbons (Fsp3) is 0.179. The average Bonchev–Trinajstić information content (AvgIpc) is 2.81. The van der Waals surface area contributed by atoms with E-state index in [-0.39, 0.29) is 39.1 Å². The molecule has 4 aromatic rings. The summed E-state index contributed by atoms with van der Waals surface area (Å²) in [6.07, 6.45) is -0.497. The van der Waals surface area contributed by atoms with Crippen molar-refractivity contribution in [2.75, 3.05) is 5.32 Å². The van der Waals surface area contributed by atoms with Gasteiger partial charge in [-0.2, -0.15) is 0 Å². The topological polar surface area (TPSA) is 82.7 Å². The molecule has 180 valence electrons. The number of halogens is 2. The lowest BCUT2D eigenvalue weighted by Crippen LogP contribution is -2.14. The van der Waals surface area contributed by atoms with Crippen LogP contribution in [-0.2, 0) is 0 Å². The van der Waals surface area contributed by atoms with Gasteiger partial charge in [-0.1, -0.05) is 30.9 Å². The first-order valence-electron chi connectivity index (χ1n) is 11.0. The molecule has 0 fully saturated rings. The number of benzene rings is 3. The van der Waals surface area contributed by atoms with E-state index in [0.29, 0.717) is 16.5 Å². The summed E-state index contributed by atoms with van der Waals surface area (Å²) in [5.41, 5.74) is 2.25. The summed E-state index contributed by atoms with van der Waals surface area (Å²) in [7, 11) is 0. The summed E-state index contributed by atoms with van der Waals surface area (Å²) in [5, 5.41) is 22.7. The Hall–Kier alpha value is -3.81. The summed E-state index contributed by atoms with van der Waals surface area (Å²) in [6.45, 7) is 8.83. The molecule has 3 N–H and O–H groups in total. The summed E-state index contributed by atoms with van der Waals surface area (Å²) < 4.78 is 35.3. The lowest BCUT2D eigenvalue weighted by Gasteiger charge is -2.21. The minimum atomic E-state index is -2.02. The number of rotatable bonds is 6. The Morgan fingerprint density at radius 1 is 1.06 bits per heavy atom. The standard InChI is InChI=1S/C28H25F2NO4/c1-5-17-9-10-18(22(30)13-17)26-15(3)25(32)20-12-14(2)11-19(27(20)35-26)16(4)31-23-8-6-7-21(29)24(23)28(33)34/h5-13,16,28,31,33-34H,1H2,2-4H3. The van der Waals surface area contributed by atoms with Crippen LogP contribution >= 0.6 is 0 Å².